The van der Waals surface area contributed by atoms with E-state index in [1.807, 2.05) is 0 Å². The first-order valence-electron chi connectivity index (χ1n) is 13.6. The third kappa shape index (κ3) is 3.48. The lowest BCUT2D eigenvalue weighted by atomic mass is 9.43. The lowest BCUT2D eigenvalue weighted by Crippen LogP contribution is -2.66. The van der Waals surface area contributed by atoms with Crippen LogP contribution >= 0.6 is 0 Å². The SMILES string of the molecule is COC(=O)CCCCN1Cc2c(cc(O)c3c2OC2(C3)C(C)CCC3C(C)(C)C(O)CCC32C)C1=O. The largest absolute Gasteiger partial charge is 0.508 e. The number of hydrogen-bond donors (Lipinski definition) is 2. The van der Waals surface area contributed by atoms with Crippen LogP contribution in [0.5, 0.6) is 11.5 Å². The van der Waals surface area contributed by atoms with Crippen LogP contribution < -0.4 is 4.74 Å². The Labute approximate surface area is 214 Å². The minimum atomic E-state index is -0.473. The molecule has 0 radical (unpaired) electrons. The van der Waals surface area contributed by atoms with Crippen LogP contribution in [-0.2, 0) is 22.5 Å². The van der Waals surface area contributed by atoms with Gasteiger partial charge in [0.2, 0.25) is 0 Å². The Hall–Kier alpha value is -2.28. The molecule has 2 N–H and O–H groups in total. The Balaban J connectivity index is 1.44. The van der Waals surface area contributed by atoms with Crippen LogP contribution in [-0.4, -0.2) is 52.3 Å². The van der Waals surface area contributed by atoms with Gasteiger partial charge in [0.05, 0.1) is 25.3 Å². The average molecular weight is 500 g/mol. The number of amides is 1. The van der Waals surface area contributed by atoms with Crippen molar-refractivity contribution in [3.05, 3.63) is 22.8 Å². The average Bonchev–Trinajstić information content (AvgIpc) is 3.39. The molecule has 0 saturated heterocycles. The number of aliphatic hydroxyl groups is 1. The lowest BCUT2D eigenvalue weighted by molar-refractivity contribution is -0.210. The molecule has 5 unspecified atom stereocenters. The third-order valence-electron chi connectivity index (χ3n) is 10.5. The van der Waals surface area contributed by atoms with Gasteiger partial charge in [-0.05, 0) is 61.8 Å². The molecular weight excluding hydrogens is 458 g/mol. The number of phenolic OH excluding ortho intramolecular Hbond substituents is 1. The van der Waals surface area contributed by atoms with Crippen LogP contribution in [0.1, 0.15) is 94.1 Å². The van der Waals surface area contributed by atoms with Gasteiger partial charge in [-0.3, -0.25) is 9.59 Å². The highest BCUT2D eigenvalue weighted by Gasteiger charge is 2.67. The first-order valence-corrected chi connectivity index (χ1v) is 13.6. The smallest absolute Gasteiger partial charge is 0.305 e. The van der Waals surface area contributed by atoms with Gasteiger partial charge in [0.1, 0.15) is 17.1 Å². The summed E-state index contributed by atoms with van der Waals surface area (Å²) in [4.78, 5) is 26.4. The normalized spacial score (nSPS) is 34.2. The first-order chi connectivity index (χ1) is 17.0. The molecular formula is C29H41NO6. The molecule has 7 heteroatoms. The zero-order valence-electron chi connectivity index (χ0n) is 22.4. The molecule has 0 bridgehead atoms. The van der Waals surface area contributed by atoms with Crippen molar-refractivity contribution in [2.45, 2.75) is 97.3 Å². The molecule has 2 fully saturated rings. The Morgan fingerprint density at radius 3 is 2.67 bits per heavy atom. The fourth-order valence-corrected chi connectivity index (χ4v) is 8.18. The van der Waals surface area contributed by atoms with E-state index >= 15 is 0 Å². The van der Waals surface area contributed by atoms with Crippen LogP contribution in [0.3, 0.4) is 0 Å². The maximum absolute atomic E-state index is 13.2. The number of aromatic hydroxyl groups is 1. The summed E-state index contributed by atoms with van der Waals surface area (Å²) in [7, 11) is 1.38. The molecule has 1 amide bonds. The summed E-state index contributed by atoms with van der Waals surface area (Å²) in [6, 6.07) is 1.63. The summed E-state index contributed by atoms with van der Waals surface area (Å²) >= 11 is 0. The van der Waals surface area contributed by atoms with Gasteiger partial charge in [-0.1, -0.05) is 27.7 Å². The molecule has 5 rings (SSSR count). The van der Waals surface area contributed by atoms with E-state index in [-0.39, 0.29) is 34.6 Å². The van der Waals surface area contributed by atoms with E-state index in [0.29, 0.717) is 61.9 Å². The number of carbonyl (C=O) groups is 2. The minimum absolute atomic E-state index is 0.0894. The summed E-state index contributed by atoms with van der Waals surface area (Å²) in [5.41, 5.74) is 1.40. The van der Waals surface area contributed by atoms with Crippen LogP contribution in [0.25, 0.3) is 0 Å². The van der Waals surface area contributed by atoms with Crippen LogP contribution in [0.4, 0.5) is 0 Å². The number of rotatable bonds is 5. The fraction of sp³-hybridized carbons (Fsp3) is 0.724. The molecule has 1 aromatic rings. The molecule has 2 aliphatic carbocycles. The first kappa shape index (κ1) is 25.4. The Morgan fingerprint density at radius 2 is 1.94 bits per heavy atom. The standard InChI is InChI=1S/C29H41NO6/c1-17-9-10-22-27(2,3)23(32)11-12-28(22,4)29(17)15-19-21(31)14-18-20(25(19)36-29)16-30(26(18)34)13-7-6-8-24(33)35-5/h14,17,22-23,31-32H,6-13,15-16H2,1-5H3. The monoisotopic (exact) mass is 499 g/mol. The number of hydrogen-bond acceptors (Lipinski definition) is 6. The van der Waals surface area contributed by atoms with E-state index in [4.69, 9.17) is 9.47 Å². The Kier molecular flexibility index (Phi) is 6.09. The number of fused-ring (bicyclic) bond motifs is 5. The van der Waals surface area contributed by atoms with Crippen molar-refractivity contribution < 1.29 is 29.3 Å². The van der Waals surface area contributed by atoms with E-state index < -0.39 is 5.60 Å². The topological polar surface area (TPSA) is 96.3 Å². The second-order valence-electron chi connectivity index (χ2n) is 12.5. The quantitative estimate of drug-likeness (QED) is 0.454. The summed E-state index contributed by atoms with van der Waals surface area (Å²) in [5, 5.41) is 22.0. The molecule has 0 aromatic heterocycles. The molecule has 1 spiro atoms. The number of unbranched alkanes of at least 4 members (excludes halogenated alkanes) is 1. The Bertz CT molecular complexity index is 1080. The van der Waals surface area contributed by atoms with E-state index in [1.54, 1.807) is 11.0 Å². The molecule has 36 heavy (non-hydrogen) atoms. The number of phenols is 1. The number of esters is 1. The highest BCUT2D eigenvalue weighted by Crippen LogP contribution is 2.67. The highest BCUT2D eigenvalue weighted by molar-refractivity contribution is 6.00. The number of carbonyl (C=O) groups excluding carboxylic acids is 2. The Morgan fingerprint density at radius 1 is 1.19 bits per heavy atom. The van der Waals surface area contributed by atoms with Gasteiger partial charge in [0.15, 0.2) is 0 Å². The van der Waals surface area contributed by atoms with E-state index in [1.165, 1.54) is 7.11 Å². The van der Waals surface area contributed by atoms with Crippen molar-refractivity contribution in [2.75, 3.05) is 13.7 Å². The van der Waals surface area contributed by atoms with Crippen LogP contribution in [0.2, 0.25) is 0 Å². The van der Waals surface area contributed by atoms with Gasteiger partial charge in [-0.15, -0.1) is 0 Å². The lowest BCUT2D eigenvalue weighted by Gasteiger charge is -2.64. The van der Waals surface area contributed by atoms with Gasteiger partial charge in [0, 0.05) is 35.9 Å². The van der Waals surface area contributed by atoms with Gasteiger partial charge in [-0.25, -0.2) is 0 Å². The zero-order valence-corrected chi connectivity index (χ0v) is 22.4. The number of nitrogens with zero attached hydrogens (tertiary/aromatic N) is 1. The molecule has 4 aliphatic rings. The molecule has 1 aromatic carbocycles. The highest BCUT2D eigenvalue weighted by atomic mass is 16.5. The van der Waals surface area contributed by atoms with E-state index in [0.717, 1.165) is 36.8 Å². The van der Waals surface area contributed by atoms with Crippen LogP contribution in [0, 0.1) is 22.7 Å². The molecule has 2 saturated carbocycles. The van der Waals surface area contributed by atoms with Crippen LogP contribution in [0.15, 0.2) is 6.07 Å². The van der Waals surface area contributed by atoms with Gasteiger partial charge in [-0.2, -0.15) is 0 Å². The van der Waals surface area contributed by atoms with Crippen molar-refractivity contribution in [3.8, 4) is 11.5 Å². The summed E-state index contributed by atoms with van der Waals surface area (Å²) in [6.07, 6.45) is 5.73. The van der Waals surface area contributed by atoms with E-state index in [9.17, 15) is 19.8 Å². The second-order valence-corrected chi connectivity index (χ2v) is 12.5. The van der Waals surface area contributed by atoms with Crippen molar-refractivity contribution in [1.29, 1.82) is 0 Å². The van der Waals surface area contributed by atoms with Gasteiger partial charge in [0.25, 0.3) is 5.91 Å². The van der Waals surface area contributed by atoms with Crippen molar-refractivity contribution in [3.63, 3.8) is 0 Å². The molecule has 5 atom stereocenters. The molecule has 7 nitrogen and oxygen atoms in total. The number of benzene rings is 1. The van der Waals surface area contributed by atoms with Gasteiger partial charge >= 0.3 is 5.97 Å². The second kappa shape index (κ2) is 8.64. The maximum Gasteiger partial charge on any atom is 0.305 e. The number of ether oxygens (including phenoxy) is 2. The number of methoxy groups -OCH3 is 1. The molecule has 198 valence electrons. The fourth-order valence-electron chi connectivity index (χ4n) is 8.18. The summed E-state index contributed by atoms with van der Waals surface area (Å²) < 4.78 is 11.8. The van der Waals surface area contributed by atoms with Gasteiger partial charge < -0.3 is 24.6 Å². The third-order valence-corrected chi connectivity index (χ3v) is 10.5. The number of aliphatic hydroxyl groups excluding tert-OH is 1. The summed E-state index contributed by atoms with van der Waals surface area (Å²) in [5.74, 6) is 1.12. The maximum atomic E-state index is 13.2. The van der Waals surface area contributed by atoms with Crippen molar-refractivity contribution in [1.82, 2.24) is 4.90 Å². The zero-order chi connectivity index (χ0) is 26.0. The predicted octanol–water partition coefficient (Wildman–Crippen LogP) is 4.60. The minimum Gasteiger partial charge on any atom is -0.508 e. The van der Waals surface area contributed by atoms with E-state index in [2.05, 4.69) is 27.7 Å². The molecule has 2 aliphatic heterocycles. The molecule has 2 heterocycles. The predicted molar refractivity (Wildman–Crippen MR) is 135 cm³/mol. The summed E-state index contributed by atoms with van der Waals surface area (Å²) in [6.45, 7) is 10.00. The van der Waals surface area contributed by atoms with Crippen molar-refractivity contribution >= 4 is 11.9 Å². The van der Waals surface area contributed by atoms with Crippen molar-refractivity contribution in [2.24, 2.45) is 22.7 Å².